The van der Waals surface area contributed by atoms with Crippen LogP contribution in [0, 0.1) is 11.8 Å². The third-order valence-corrected chi connectivity index (χ3v) is 3.16. The van der Waals surface area contributed by atoms with Crippen LogP contribution in [0.1, 0.15) is 13.3 Å². The number of nitrogens with zero attached hydrogens (tertiary/aromatic N) is 2. The van der Waals surface area contributed by atoms with E-state index in [-0.39, 0.29) is 18.5 Å². The van der Waals surface area contributed by atoms with Crippen molar-refractivity contribution in [2.75, 3.05) is 26.7 Å². The van der Waals surface area contributed by atoms with Crippen LogP contribution < -0.4 is 5.73 Å². The van der Waals surface area contributed by atoms with Crippen LogP contribution in [0.15, 0.2) is 0 Å². The molecule has 1 fully saturated rings. The standard InChI is InChI=1S/C11H19N3O4/c1-7(10(16)17)5-13(2)11(18)14-4-3-8(6-14)9(12)15/h7-8H,3-6H2,1-2H3,(H2,12,15)(H,16,17). The average Bonchev–Trinajstić information content (AvgIpc) is 2.76. The van der Waals surface area contributed by atoms with Gasteiger partial charge in [0.15, 0.2) is 0 Å². The summed E-state index contributed by atoms with van der Waals surface area (Å²) in [5.74, 6) is -2.24. The molecule has 1 aliphatic heterocycles. The van der Waals surface area contributed by atoms with Crippen molar-refractivity contribution >= 4 is 17.9 Å². The van der Waals surface area contributed by atoms with Crippen molar-refractivity contribution < 1.29 is 19.5 Å². The molecule has 0 aliphatic carbocycles. The number of amides is 3. The SMILES string of the molecule is CC(CN(C)C(=O)N1CCC(C(N)=O)C1)C(=O)O. The Hall–Kier alpha value is -1.79. The summed E-state index contributed by atoms with van der Waals surface area (Å²) < 4.78 is 0. The fourth-order valence-corrected chi connectivity index (χ4v) is 1.97. The van der Waals surface area contributed by atoms with E-state index in [1.807, 2.05) is 0 Å². The van der Waals surface area contributed by atoms with E-state index < -0.39 is 17.8 Å². The number of carbonyl (C=O) groups excluding carboxylic acids is 2. The van der Waals surface area contributed by atoms with E-state index in [0.717, 1.165) is 0 Å². The van der Waals surface area contributed by atoms with E-state index in [4.69, 9.17) is 10.8 Å². The predicted octanol–water partition coefficient (Wildman–Crippen LogP) is -0.434. The van der Waals surface area contributed by atoms with Gasteiger partial charge in [0.25, 0.3) is 0 Å². The van der Waals surface area contributed by atoms with Crippen LogP contribution in [0.5, 0.6) is 0 Å². The largest absolute Gasteiger partial charge is 0.481 e. The van der Waals surface area contributed by atoms with Gasteiger partial charge in [-0.2, -0.15) is 0 Å². The lowest BCUT2D eigenvalue weighted by molar-refractivity contribution is -0.141. The molecule has 0 radical (unpaired) electrons. The molecular formula is C11H19N3O4. The maximum absolute atomic E-state index is 12.0. The normalized spacial score (nSPS) is 20.6. The topological polar surface area (TPSA) is 104 Å². The highest BCUT2D eigenvalue weighted by molar-refractivity contribution is 5.80. The molecule has 0 bridgehead atoms. The second-order valence-corrected chi connectivity index (χ2v) is 4.74. The number of nitrogens with two attached hydrogens (primary N) is 1. The molecule has 7 heteroatoms. The maximum atomic E-state index is 12.0. The summed E-state index contributed by atoms with van der Waals surface area (Å²) in [5, 5.41) is 8.78. The lowest BCUT2D eigenvalue weighted by atomic mass is 10.1. The van der Waals surface area contributed by atoms with E-state index in [2.05, 4.69) is 0 Å². The predicted molar refractivity (Wildman–Crippen MR) is 63.7 cm³/mol. The van der Waals surface area contributed by atoms with Gasteiger partial charge in [-0.05, 0) is 6.42 Å². The number of urea groups is 1. The number of primary amides is 1. The number of hydrogen-bond donors (Lipinski definition) is 2. The molecule has 0 aromatic heterocycles. The van der Waals surface area contributed by atoms with Crippen molar-refractivity contribution in [2.45, 2.75) is 13.3 Å². The molecule has 1 rings (SSSR count). The molecule has 0 saturated carbocycles. The molecule has 2 unspecified atom stereocenters. The lowest BCUT2D eigenvalue weighted by Gasteiger charge is -2.25. The van der Waals surface area contributed by atoms with Crippen LogP contribution in [-0.4, -0.2) is 59.5 Å². The van der Waals surface area contributed by atoms with E-state index in [0.29, 0.717) is 19.5 Å². The van der Waals surface area contributed by atoms with Crippen LogP contribution in [-0.2, 0) is 9.59 Å². The van der Waals surface area contributed by atoms with Gasteiger partial charge in [0, 0.05) is 26.7 Å². The van der Waals surface area contributed by atoms with Gasteiger partial charge in [-0.25, -0.2) is 4.79 Å². The van der Waals surface area contributed by atoms with E-state index >= 15 is 0 Å². The van der Waals surface area contributed by atoms with Gasteiger partial charge in [-0.3, -0.25) is 9.59 Å². The van der Waals surface area contributed by atoms with Crippen molar-refractivity contribution in [3.63, 3.8) is 0 Å². The van der Waals surface area contributed by atoms with Crippen LogP contribution in [0.4, 0.5) is 4.79 Å². The molecular weight excluding hydrogens is 238 g/mol. The summed E-state index contributed by atoms with van der Waals surface area (Å²) in [6.45, 7) is 2.49. The van der Waals surface area contributed by atoms with Crippen LogP contribution in [0.2, 0.25) is 0 Å². The molecule has 18 heavy (non-hydrogen) atoms. The van der Waals surface area contributed by atoms with Gasteiger partial charge < -0.3 is 20.6 Å². The van der Waals surface area contributed by atoms with Gasteiger partial charge in [-0.15, -0.1) is 0 Å². The first-order chi connectivity index (χ1) is 8.32. The highest BCUT2D eigenvalue weighted by Crippen LogP contribution is 2.17. The monoisotopic (exact) mass is 257 g/mol. The van der Waals surface area contributed by atoms with Gasteiger partial charge >= 0.3 is 12.0 Å². The third kappa shape index (κ3) is 3.35. The Morgan fingerprint density at radius 1 is 1.50 bits per heavy atom. The molecule has 1 heterocycles. The van der Waals surface area contributed by atoms with E-state index in [1.54, 1.807) is 14.0 Å². The Bertz CT molecular complexity index is 358. The zero-order chi connectivity index (χ0) is 13.9. The van der Waals surface area contributed by atoms with Gasteiger partial charge in [-0.1, -0.05) is 6.92 Å². The number of hydrogen-bond acceptors (Lipinski definition) is 3. The molecule has 2 atom stereocenters. The summed E-state index contributed by atoms with van der Waals surface area (Å²) in [7, 11) is 1.55. The minimum absolute atomic E-state index is 0.145. The van der Waals surface area contributed by atoms with E-state index in [9.17, 15) is 14.4 Å². The number of carboxylic acids is 1. The zero-order valence-electron chi connectivity index (χ0n) is 10.6. The summed E-state index contributed by atoms with van der Waals surface area (Å²) in [5.41, 5.74) is 5.19. The smallest absolute Gasteiger partial charge is 0.319 e. The third-order valence-electron chi connectivity index (χ3n) is 3.16. The van der Waals surface area contributed by atoms with E-state index in [1.165, 1.54) is 9.80 Å². The molecule has 3 amide bonds. The highest BCUT2D eigenvalue weighted by atomic mass is 16.4. The second kappa shape index (κ2) is 5.70. The van der Waals surface area contributed by atoms with Crippen molar-refractivity contribution in [2.24, 2.45) is 17.6 Å². The Labute approximate surface area is 106 Å². The molecule has 102 valence electrons. The first-order valence-corrected chi connectivity index (χ1v) is 5.85. The average molecular weight is 257 g/mol. The molecule has 1 aliphatic rings. The maximum Gasteiger partial charge on any atom is 0.319 e. The fraction of sp³-hybridized carbons (Fsp3) is 0.727. The van der Waals surface area contributed by atoms with Crippen molar-refractivity contribution in [3.8, 4) is 0 Å². The second-order valence-electron chi connectivity index (χ2n) is 4.74. The molecule has 0 aromatic rings. The summed E-state index contributed by atoms with van der Waals surface area (Å²) in [6.07, 6.45) is 0.573. The molecule has 7 nitrogen and oxygen atoms in total. The minimum atomic E-state index is -0.939. The zero-order valence-corrected chi connectivity index (χ0v) is 10.6. The van der Waals surface area contributed by atoms with Gasteiger partial charge in [0.2, 0.25) is 5.91 Å². The summed E-state index contributed by atoms with van der Waals surface area (Å²) in [4.78, 5) is 36.6. The van der Waals surface area contributed by atoms with Crippen LogP contribution in [0.3, 0.4) is 0 Å². The number of likely N-dealkylation sites (tertiary alicyclic amines) is 1. The van der Waals surface area contributed by atoms with Gasteiger partial charge in [0.1, 0.15) is 0 Å². The summed E-state index contributed by atoms with van der Waals surface area (Å²) in [6, 6.07) is -0.258. The number of carbonyl (C=O) groups is 3. The van der Waals surface area contributed by atoms with Crippen molar-refractivity contribution in [1.82, 2.24) is 9.80 Å². The Morgan fingerprint density at radius 3 is 2.56 bits per heavy atom. The number of rotatable bonds is 4. The van der Waals surface area contributed by atoms with Crippen molar-refractivity contribution in [3.05, 3.63) is 0 Å². The molecule has 1 saturated heterocycles. The Balaban J connectivity index is 2.50. The number of aliphatic carboxylic acids is 1. The first kappa shape index (κ1) is 14.3. The lowest BCUT2D eigenvalue weighted by Crippen LogP contribution is -2.43. The molecule has 0 spiro atoms. The Morgan fingerprint density at radius 2 is 2.11 bits per heavy atom. The number of carboxylic acid groups (broad SMARTS) is 1. The van der Waals surface area contributed by atoms with Gasteiger partial charge in [0.05, 0.1) is 11.8 Å². The molecule has 0 aromatic carbocycles. The van der Waals surface area contributed by atoms with Crippen molar-refractivity contribution in [1.29, 1.82) is 0 Å². The first-order valence-electron chi connectivity index (χ1n) is 5.85. The fourth-order valence-electron chi connectivity index (χ4n) is 1.97. The molecule has 3 N–H and O–H groups in total. The Kier molecular flexibility index (Phi) is 4.52. The minimum Gasteiger partial charge on any atom is -0.481 e. The van der Waals surface area contributed by atoms with Crippen LogP contribution >= 0.6 is 0 Å². The van der Waals surface area contributed by atoms with Crippen LogP contribution in [0.25, 0.3) is 0 Å². The quantitative estimate of drug-likeness (QED) is 0.712. The summed E-state index contributed by atoms with van der Waals surface area (Å²) >= 11 is 0. The highest BCUT2D eigenvalue weighted by Gasteiger charge is 2.31.